The van der Waals surface area contributed by atoms with Crippen molar-refractivity contribution in [3.05, 3.63) is 10.1 Å². The molecule has 0 aromatic heterocycles. The molecule has 2 atom stereocenters. The molecular formula is C10H17N3O4. The van der Waals surface area contributed by atoms with E-state index in [1.807, 2.05) is 0 Å². The fourth-order valence-corrected chi connectivity index (χ4v) is 1.91. The van der Waals surface area contributed by atoms with Gasteiger partial charge in [-0.3, -0.25) is 19.8 Å². The van der Waals surface area contributed by atoms with Gasteiger partial charge >= 0.3 is 5.91 Å². The summed E-state index contributed by atoms with van der Waals surface area (Å²) in [6.07, 6.45) is 1.17. The van der Waals surface area contributed by atoms with Crippen LogP contribution in [0.5, 0.6) is 0 Å². The lowest BCUT2D eigenvalue weighted by Gasteiger charge is -2.20. The number of amides is 1. The highest BCUT2D eigenvalue weighted by atomic mass is 16.6. The van der Waals surface area contributed by atoms with Crippen LogP contribution in [-0.2, 0) is 9.59 Å². The number of hydrogen-bond donors (Lipinski definition) is 1. The Morgan fingerprint density at radius 2 is 2.24 bits per heavy atom. The molecule has 7 heteroatoms. The molecule has 0 aliphatic carbocycles. The van der Waals surface area contributed by atoms with Crippen molar-refractivity contribution < 1.29 is 14.5 Å². The van der Waals surface area contributed by atoms with Crippen LogP contribution in [-0.4, -0.2) is 53.7 Å². The summed E-state index contributed by atoms with van der Waals surface area (Å²) in [6, 6.07) is -1.04. The molecule has 0 unspecified atom stereocenters. The fraction of sp³-hybridized carbons (Fsp3) is 0.800. The second-order valence-corrected chi connectivity index (χ2v) is 4.20. The van der Waals surface area contributed by atoms with Gasteiger partial charge in [-0.25, -0.2) is 4.79 Å². The van der Waals surface area contributed by atoms with Crippen molar-refractivity contribution in [1.82, 2.24) is 10.2 Å². The molecule has 1 saturated heterocycles. The summed E-state index contributed by atoms with van der Waals surface area (Å²) in [5, 5.41) is 13.3. The second-order valence-electron chi connectivity index (χ2n) is 4.20. The standard InChI is InChI=1S/C10H17N3O4/c1-7(11-2)9(14)6-12-5-3-4-8(12)10(15)13(16)17/h7-8,11H,3-6H2,1-2H3/t7-,8-/m0/s1. The van der Waals surface area contributed by atoms with E-state index in [9.17, 15) is 19.7 Å². The van der Waals surface area contributed by atoms with Gasteiger partial charge in [-0.2, -0.15) is 0 Å². The zero-order valence-corrected chi connectivity index (χ0v) is 10.0. The molecule has 0 aromatic carbocycles. The van der Waals surface area contributed by atoms with Crippen LogP contribution in [0.4, 0.5) is 0 Å². The predicted molar refractivity (Wildman–Crippen MR) is 60.1 cm³/mol. The Hall–Kier alpha value is -1.34. The smallest absolute Gasteiger partial charge is 0.311 e. The molecule has 0 bridgehead atoms. The number of nitro groups is 1. The van der Waals surface area contributed by atoms with Crippen LogP contribution in [0.2, 0.25) is 0 Å². The maximum Gasteiger partial charge on any atom is 0.461 e. The molecule has 7 nitrogen and oxygen atoms in total. The molecule has 0 aromatic rings. The number of hydrogen-bond acceptors (Lipinski definition) is 6. The van der Waals surface area contributed by atoms with Gasteiger partial charge in [0.15, 0.2) is 5.78 Å². The molecule has 1 aliphatic heterocycles. The normalized spacial score (nSPS) is 22.4. The van der Waals surface area contributed by atoms with Gasteiger partial charge in [0.05, 0.1) is 12.6 Å². The molecule has 1 rings (SSSR count). The van der Waals surface area contributed by atoms with Gasteiger partial charge in [0.2, 0.25) is 0 Å². The van der Waals surface area contributed by atoms with Gasteiger partial charge in [0.25, 0.3) is 0 Å². The van der Waals surface area contributed by atoms with Crippen molar-refractivity contribution in [1.29, 1.82) is 0 Å². The minimum absolute atomic E-state index is 0.0597. The summed E-state index contributed by atoms with van der Waals surface area (Å²) in [7, 11) is 1.67. The molecule has 1 aliphatic rings. The van der Waals surface area contributed by atoms with E-state index in [0.717, 1.165) is 0 Å². The van der Waals surface area contributed by atoms with Crippen molar-refractivity contribution in [2.75, 3.05) is 20.1 Å². The first kappa shape index (κ1) is 13.7. The van der Waals surface area contributed by atoms with E-state index in [1.165, 1.54) is 0 Å². The fourth-order valence-electron chi connectivity index (χ4n) is 1.91. The van der Waals surface area contributed by atoms with Crippen LogP contribution >= 0.6 is 0 Å². The third-order valence-corrected chi connectivity index (χ3v) is 3.10. The minimum Gasteiger partial charge on any atom is -0.311 e. The van der Waals surface area contributed by atoms with Gasteiger partial charge in [-0.1, -0.05) is 0 Å². The topological polar surface area (TPSA) is 92.6 Å². The van der Waals surface area contributed by atoms with Crippen molar-refractivity contribution in [3.63, 3.8) is 0 Å². The first-order valence-corrected chi connectivity index (χ1v) is 5.59. The van der Waals surface area contributed by atoms with Crippen LogP contribution in [0.1, 0.15) is 19.8 Å². The van der Waals surface area contributed by atoms with Gasteiger partial charge in [0, 0.05) is 0 Å². The Morgan fingerprint density at radius 1 is 1.59 bits per heavy atom. The van der Waals surface area contributed by atoms with E-state index in [-0.39, 0.29) is 18.4 Å². The van der Waals surface area contributed by atoms with Crippen molar-refractivity contribution in [3.8, 4) is 0 Å². The van der Waals surface area contributed by atoms with Crippen LogP contribution < -0.4 is 5.32 Å². The third kappa shape index (κ3) is 3.31. The lowest BCUT2D eigenvalue weighted by atomic mass is 10.1. The second kappa shape index (κ2) is 5.83. The van der Waals surface area contributed by atoms with Crippen LogP contribution in [0, 0.1) is 10.1 Å². The number of nitrogens with zero attached hydrogens (tertiary/aromatic N) is 2. The maximum absolute atomic E-state index is 11.7. The van der Waals surface area contributed by atoms with Crippen molar-refractivity contribution >= 4 is 11.7 Å². The summed E-state index contributed by atoms with van der Waals surface area (Å²) in [4.78, 5) is 34.1. The zero-order chi connectivity index (χ0) is 13.0. The number of carbonyl (C=O) groups is 2. The summed E-state index contributed by atoms with van der Waals surface area (Å²) in [5.41, 5.74) is 0. The molecule has 1 fully saturated rings. The van der Waals surface area contributed by atoms with Crippen LogP contribution in [0.25, 0.3) is 0 Å². The lowest BCUT2D eigenvalue weighted by Crippen LogP contribution is -2.45. The average Bonchev–Trinajstić information content (AvgIpc) is 2.74. The lowest BCUT2D eigenvalue weighted by molar-refractivity contribution is -0.405. The number of carbonyl (C=O) groups excluding carboxylic acids is 2. The predicted octanol–water partition coefficient (Wildman–Crippen LogP) is -0.569. The number of likely N-dealkylation sites (N-methyl/N-ethyl adjacent to an activating group) is 1. The molecule has 0 spiro atoms. The first-order chi connectivity index (χ1) is 7.97. The molecule has 0 radical (unpaired) electrons. The number of nitrogens with one attached hydrogen (secondary N) is 1. The van der Waals surface area contributed by atoms with E-state index in [1.54, 1.807) is 18.9 Å². The first-order valence-electron chi connectivity index (χ1n) is 5.59. The highest BCUT2D eigenvalue weighted by Gasteiger charge is 2.39. The van der Waals surface area contributed by atoms with Gasteiger partial charge in [-0.05, 0) is 33.4 Å². The highest BCUT2D eigenvalue weighted by molar-refractivity contribution is 5.86. The molecule has 1 amide bonds. The van der Waals surface area contributed by atoms with Crippen LogP contribution in [0.3, 0.4) is 0 Å². The van der Waals surface area contributed by atoms with E-state index >= 15 is 0 Å². The van der Waals surface area contributed by atoms with Crippen LogP contribution in [0.15, 0.2) is 0 Å². The zero-order valence-electron chi connectivity index (χ0n) is 10.0. The molecule has 0 saturated carbocycles. The third-order valence-electron chi connectivity index (χ3n) is 3.10. The number of likely N-dealkylation sites (tertiary alicyclic amines) is 1. The van der Waals surface area contributed by atoms with Gasteiger partial charge in [0.1, 0.15) is 11.0 Å². The number of Topliss-reactive ketones (excluding diaryl/α,β-unsaturated/α-hetero) is 1. The summed E-state index contributed by atoms with van der Waals surface area (Å²) >= 11 is 0. The Bertz CT molecular complexity index is 332. The SMILES string of the molecule is CN[C@@H](C)C(=O)CN1CCC[C@H]1C(=O)[N+](=O)[O-]. The van der Waals surface area contributed by atoms with Gasteiger partial charge in [-0.15, -0.1) is 0 Å². The van der Waals surface area contributed by atoms with E-state index in [2.05, 4.69) is 5.32 Å². The molecule has 17 heavy (non-hydrogen) atoms. The quantitative estimate of drug-likeness (QED) is 0.513. The number of rotatable bonds is 5. The average molecular weight is 243 g/mol. The minimum atomic E-state index is -1.01. The molecule has 1 heterocycles. The van der Waals surface area contributed by atoms with E-state index < -0.39 is 16.9 Å². The van der Waals surface area contributed by atoms with Gasteiger partial charge < -0.3 is 5.32 Å². The molecular weight excluding hydrogens is 226 g/mol. The Balaban J connectivity index is 2.61. The largest absolute Gasteiger partial charge is 0.461 e. The van der Waals surface area contributed by atoms with Crippen molar-refractivity contribution in [2.45, 2.75) is 31.8 Å². The van der Waals surface area contributed by atoms with E-state index in [0.29, 0.717) is 19.4 Å². The molecule has 96 valence electrons. The van der Waals surface area contributed by atoms with Crippen molar-refractivity contribution in [2.24, 2.45) is 0 Å². The summed E-state index contributed by atoms with van der Waals surface area (Å²) in [6.45, 7) is 2.38. The molecule has 1 N–H and O–H groups in total. The maximum atomic E-state index is 11.7. The Kier molecular flexibility index (Phi) is 4.71. The monoisotopic (exact) mass is 243 g/mol. The highest BCUT2D eigenvalue weighted by Crippen LogP contribution is 2.18. The summed E-state index contributed by atoms with van der Waals surface area (Å²) < 4.78 is 0. The van der Waals surface area contributed by atoms with E-state index in [4.69, 9.17) is 0 Å². The number of ketones is 1. The Labute approximate surface area is 99.3 Å². The Morgan fingerprint density at radius 3 is 2.76 bits per heavy atom. The summed E-state index contributed by atoms with van der Waals surface area (Å²) in [5.74, 6) is -1.07.